The molecule has 0 aliphatic carbocycles. The molecule has 0 atom stereocenters. The lowest BCUT2D eigenvalue weighted by Crippen LogP contribution is -2.33. The van der Waals surface area contributed by atoms with Gasteiger partial charge in [-0.15, -0.1) is 0 Å². The first-order valence-electron chi connectivity index (χ1n) is 8.13. The Bertz CT molecular complexity index is 891. The van der Waals surface area contributed by atoms with Crippen LogP contribution in [0.2, 0.25) is 0 Å². The minimum Gasteiger partial charge on any atom is -0.339 e. The van der Waals surface area contributed by atoms with Gasteiger partial charge in [0.15, 0.2) is 5.82 Å². The van der Waals surface area contributed by atoms with Gasteiger partial charge in [0.1, 0.15) is 0 Å². The number of nitrogens with zero attached hydrogens (tertiary/aromatic N) is 3. The van der Waals surface area contributed by atoms with Crippen LogP contribution in [0, 0.1) is 0 Å². The zero-order chi connectivity index (χ0) is 18.0. The van der Waals surface area contributed by atoms with Crippen molar-refractivity contribution in [3.8, 4) is 0 Å². The number of rotatable bonds is 5. The number of benzene rings is 1. The van der Waals surface area contributed by atoms with Gasteiger partial charge in [0.25, 0.3) is 0 Å². The van der Waals surface area contributed by atoms with Crippen molar-refractivity contribution in [3.05, 3.63) is 35.5 Å². The number of sulfonamides is 1. The highest BCUT2D eigenvalue weighted by Crippen LogP contribution is 2.29. The zero-order valence-electron chi connectivity index (χ0n) is 14.2. The highest BCUT2D eigenvalue weighted by Gasteiger charge is 2.23. The van der Waals surface area contributed by atoms with E-state index in [1.54, 1.807) is 17.0 Å². The van der Waals surface area contributed by atoms with E-state index in [1.165, 1.54) is 13.0 Å². The Kier molecular flexibility index (Phi) is 4.87. The second-order valence-electron chi connectivity index (χ2n) is 5.85. The van der Waals surface area contributed by atoms with Crippen LogP contribution in [0.25, 0.3) is 0 Å². The summed E-state index contributed by atoms with van der Waals surface area (Å²) in [5.74, 6) is 0.715. The second kappa shape index (κ2) is 6.93. The Morgan fingerprint density at radius 1 is 1.40 bits per heavy atom. The molecule has 2 aromatic rings. The molecule has 25 heavy (non-hydrogen) atoms. The molecule has 1 aliphatic rings. The van der Waals surface area contributed by atoms with E-state index < -0.39 is 10.0 Å². The molecule has 1 aromatic carbocycles. The van der Waals surface area contributed by atoms with Gasteiger partial charge in [-0.2, -0.15) is 4.98 Å². The lowest BCUT2D eigenvalue weighted by atomic mass is 10.0. The van der Waals surface area contributed by atoms with Gasteiger partial charge in [-0.05, 0) is 36.6 Å². The molecule has 0 fully saturated rings. The fourth-order valence-corrected chi connectivity index (χ4v) is 3.85. The van der Waals surface area contributed by atoms with Crippen molar-refractivity contribution in [1.29, 1.82) is 0 Å². The summed E-state index contributed by atoms with van der Waals surface area (Å²) >= 11 is 0. The molecule has 0 radical (unpaired) electrons. The lowest BCUT2D eigenvalue weighted by Gasteiger charge is -2.28. The van der Waals surface area contributed by atoms with Crippen LogP contribution in [0.5, 0.6) is 0 Å². The van der Waals surface area contributed by atoms with Crippen molar-refractivity contribution in [2.75, 3.05) is 11.4 Å². The van der Waals surface area contributed by atoms with Gasteiger partial charge < -0.3 is 9.42 Å². The fourth-order valence-electron chi connectivity index (χ4n) is 2.82. The molecule has 0 saturated heterocycles. The van der Waals surface area contributed by atoms with E-state index in [4.69, 9.17) is 4.52 Å². The summed E-state index contributed by atoms with van der Waals surface area (Å²) in [6.07, 6.45) is 2.15. The van der Waals surface area contributed by atoms with Gasteiger partial charge >= 0.3 is 0 Å². The number of carbonyl (C=O) groups excluding carboxylic acids is 1. The number of hydrogen-bond acceptors (Lipinski definition) is 6. The van der Waals surface area contributed by atoms with Gasteiger partial charge in [0.05, 0.1) is 11.4 Å². The maximum Gasteiger partial charge on any atom is 0.240 e. The first-order valence-corrected chi connectivity index (χ1v) is 9.61. The number of aryl methyl sites for hydroxylation is 2. The first-order chi connectivity index (χ1) is 11.9. The largest absolute Gasteiger partial charge is 0.339 e. The number of anilines is 1. The number of aromatic nitrogens is 2. The van der Waals surface area contributed by atoms with Gasteiger partial charge in [-0.3, -0.25) is 4.79 Å². The third kappa shape index (κ3) is 3.72. The molecular weight excluding hydrogens is 344 g/mol. The third-order valence-electron chi connectivity index (χ3n) is 4.09. The standard InChI is InChI=1S/C16H20N4O4S/c1-3-16-18-15(19-24-16)10-17-25(22,23)13-6-7-14-12(9-13)5-4-8-20(14)11(2)21/h6-7,9,17H,3-5,8,10H2,1-2H3. The van der Waals surface area contributed by atoms with Gasteiger partial charge in [0.2, 0.25) is 21.8 Å². The molecule has 8 nitrogen and oxygen atoms in total. The van der Waals surface area contributed by atoms with Crippen LogP contribution in [-0.2, 0) is 34.2 Å². The van der Waals surface area contributed by atoms with Crippen molar-refractivity contribution in [3.63, 3.8) is 0 Å². The van der Waals surface area contributed by atoms with E-state index in [1.807, 2.05) is 6.92 Å². The molecule has 1 aromatic heterocycles. The number of amides is 1. The normalized spacial score (nSPS) is 14.4. The maximum atomic E-state index is 12.5. The van der Waals surface area contributed by atoms with Crippen LogP contribution in [0.4, 0.5) is 5.69 Å². The SMILES string of the molecule is CCc1nc(CNS(=O)(=O)c2ccc3c(c2)CCCN3C(C)=O)no1. The smallest absolute Gasteiger partial charge is 0.240 e. The van der Waals surface area contributed by atoms with E-state index in [0.29, 0.717) is 24.7 Å². The van der Waals surface area contributed by atoms with Crippen molar-refractivity contribution in [2.24, 2.45) is 0 Å². The molecular formula is C16H20N4O4S. The average molecular weight is 364 g/mol. The van der Waals surface area contributed by atoms with E-state index in [2.05, 4.69) is 14.9 Å². The Morgan fingerprint density at radius 3 is 2.88 bits per heavy atom. The van der Waals surface area contributed by atoms with Crippen molar-refractivity contribution in [2.45, 2.75) is 44.6 Å². The van der Waals surface area contributed by atoms with E-state index in [9.17, 15) is 13.2 Å². The molecule has 0 saturated carbocycles. The highest BCUT2D eigenvalue weighted by atomic mass is 32.2. The van der Waals surface area contributed by atoms with Crippen LogP contribution in [0.3, 0.4) is 0 Å². The number of hydrogen-bond donors (Lipinski definition) is 1. The molecule has 1 amide bonds. The third-order valence-corrected chi connectivity index (χ3v) is 5.49. The Hall–Kier alpha value is -2.26. The summed E-state index contributed by atoms with van der Waals surface area (Å²) in [5, 5.41) is 3.73. The first kappa shape index (κ1) is 17.6. The average Bonchev–Trinajstić information content (AvgIpc) is 3.07. The summed E-state index contributed by atoms with van der Waals surface area (Å²) in [6, 6.07) is 4.82. The molecule has 1 aliphatic heterocycles. The van der Waals surface area contributed by atoms with Crippen molar-refractivity contribution < 1.29 is 17.7 Å². The van der Waals surface area contributed by atoms with Gasteiger partial charge in [-0.25, -0.2) is 13.1 Å². The predicted octanol–water partition coefficient (Wildman–Crippen LogP) is 1.41. The molecule has 2 heterocycles. The number of fused-ring (bicyclic) bond motifs is 1. The summed E-state index contributed by atoms with van der Waals surface area (Å²) < 4.78 is 32.4. The predicted molar refractivity (Wildman–Crippen MR) is 90.5 cm³/mol. The maximum absolute atomic E-state index is 12.5. The minimum absolute atomic E-state index is 0.0392. The molecule has 1 N–H and O–H groups in total. The summed E-state index contributed by atoms with van der Waals surface area (Å²) in [7, 11) is -3.70. The van der Waals surface area contributed by atoms with Crippen LogP contribution in [-0.4, -0.2) is 31.0 Å². The fraction of sp³-hybridized carbons (Fsp3) is 0.438. The quantitative estimate of drug-likeness (QED) is 0.860. The lowest BCUT2D eigenvalue weighted by molar-refractivity contribution is -0.116. The van der Waals surface area contributed by atoms with Crippen LogP contribution in [0.1, 0.15) is 37.5 Å². The summed E-state index contributed by atoms with van der Waals surface area (Å²) in [6.45, 7) is 4.00. The van der Waals surface area contributed by atoms with Gasteiger partial charge in [-0.1, -0.05) is 12.1 Å². The molecule has 0 bridgehead atoms. The molecule has 9 heteroatoms. The monoisotopic (exact) mass is 364 g/mol. The molecule has 3 rings (SSSR count). The molecule has 0 unspecified atom stereocenters. The van der Waals surface area contributed by atoms with Crippen LogP contribution >= 0.6 is 0 Å². The van der Waals surface area contributed by atoms with E-state index >= 15 is 0 Å². The Labute approximate surface area is 146 Å². The summed E-state index contributed by atoms with van der Waals surface area (Å²) in [4.78, 5) is 17.6. The second-order valence-corrected chi connectivity index (χ2v) is 7.61. The highest BCUT2D eigenvalue weighted by molar-refractivity contribution is 7.89. The van der Waals surface area contributed by atoms with Crippen LogP contribution in [0.15, 0.2) is 27.6 Å². The topological polar surface area (TPSA) is 105 Å². The van der Waals surface area contributed by atoms with Crippen molar-refractivity contribution >= 4 is 21.6 Å². The van der Waals surface area contributed by atoms with Gasteiger partial charge in [0, 0.05) is 25.6 Å². The Morgan fingerprint density at radius 2 is 2.20 bits per heavy atom. The van der Waals surface area contributed by atoms with Crippen molar-refractivity contribution in [1.82, 2.24) is 14.9 Å². The zero-order valence-corrected chi connectivity index (χ0v) is 15.0. The Balaban J connectivity index is 1.79. The van der Waals surface area contributed by atoms with E-state index in [0.717, 1.165) is 24.1 Å². The number of nitrogens with one attached hydrogen (secondary N) is 1. The molecule has 134 valence electrons. The number of carbonyl (C=O) groups is 1. The van der Waals surface area contributed by atoms with E-state index in [-0.39, 0.29) is 17.3 Å². The minimum atomic E-state index is -3.70. The molecule has 0 spiro atoms. The summed E-state index contributed by atoms with van der Waals surface area (Å²) in [5.41, 5.74) is 1.64. The van der Waals surface area contributed by atoms with Crippen LogP contribution < -0.4 is 9.62 Å².